The quantitative estimate of drug-likeness (QED) is 0.135. The first-order chi connectivity index (χ1) is 18.8. The molecule has 0 radical (unpaired) electrons. The summed E-state index contributed by atoms with van der Waals surface area (Å²) >= 11 is 0. The van der Waals surface area contributed by atoms with Gasteiger partial charge in [-0.15, -0.1) is 0 Å². The lowest BCUT2D eigenvalue weighted by molar-refractivity contribution is -0.137. The molecule has 0 unspecified atom stereocenters. The smallest absolute Gasteiger partial charge is 0.354 e. The molecule has 39 heavy (non-hydrogen) atoms. The fourth-order valence-electron chi connectivity index (χ4n) is 3.59. The lowest BCUT2D eigenvalue weighted by Crippen LogP contribution is -2.05. The van der Waals surface area contributed by atoms with E-state index in [1.54, 1.807) is 30.5 Å². The molecular formula is C28H19F4N7. The van der Waals surface area contributed by atoms with E-state index in [-0.39, 0.29) is 17.3 Å². The first-order valence-corrected chi connectivity index (χ1v) is 11.6. The Morgan fingerprint density at radius 3 is 2.31 bits per heavy atom. The second-order valence-corrected chi connectivity index (χ2v) is 8.23. The summed E-state index contributed by atoms with van der Waals surface area (Å²) in [7, 11) is 0. The molecule has 0 amide bonds. The van der Waals surface area contributed by atoms with Crippen molar-refractivity contribution in [2.24, 2.45) is 5.10 Å². The first-order valence-electron chi connectivity index (χ1n) is 11.6. The largest absolute Gasteiger partial charge is 0.416 e. The van der Waals surface area contributed by atoms with Crippen LogP contribution in [0.1, 0.15) is 11.3 Å². The van der Waals surface area contributed by atoms with Crippen LogP contribution in [0, 0.1) is 5.82 Å². The summed E-state index contributed by atoms with van der Waals surface area (Å²) in [6.07, 6.45) is 1.01. The summed E-state index contributed by atoms with van der Waals surface area (Å²) in [6, 6.07) is 21.3. The van der Waals surface area contributed by atoms with Gasteiger partial charge in [0, 0.05) is 23.0 Å². The predicted molar refractivity (Wildman–Crippen MR) is 141 cm³/mol. The van der Waals surface area contributed by atoms with Gasteiger partial charge in [-0.2, -0.15) is 18.3 Å². The average molecular weight is 530 g/mol. The lowest BCUT2D eigenvalue weighted by Gasteiger charge is -2.10. The molecule has 0 aliphatic carbocycles. The van der Waals surface area contributed by atoms with Crippen LogP contribution in [0.5, 0.6) is 0 Å². The van der Waals surface area contributed by atoms with Crippen molar-refractivity contribution in [3.63, 3.8) is 0 Å². The number of pyridine rings is 2. The molecule has 11 heteroatoms. The molecule has 0 bridgehead atoms. The van der Waals surface area contributed by atoms with E-state index in [0.717, 1.165) is 29.6 Å². The van der Waals surface area contributed by atoms with Crippen LogP contribution < -0.4 is 10.7 Å². The van der Waals surface area contributed by atoms with Crippen LogP contribution >= 0.6 is 0 Å². The van der Waals surface area contributed by atoms with Crippen molar-refractivity contribution < 1.29 is 17.6 Å². The van der Waals surface area contributed by atoms with Crippen molar-refractivity contribution >= 4 is 23.5 Å². The van der Waals surface area contributed by atoms with Gasteiger partial charge in [0.15, 0.2) is 5.82 Å². The Labute approximate surface area is 220 Å². The number of halogens is 4. The molecule has 7 nitrogen and oxygen atoms in total. The number of alkyl halides is 3. The normalized spacial score (nSPS) is 11.5. The third kappa shape index (κ3) is 6.39. The minimum atomic E-state index is -4.43. The Kier molecular flexibility index (Phi) is 7.21. The predicted octanol–water partition coefficient (Wildman–Crippen LogP) is 6.95. The van der Waals surface area contributed by atoms with Crippen LogP contribution in [0.4, 0.5) is 34.9 Å². The van der Waals surface area contributed by atoms with Crippen LogP contribution in [0.3, 0.4) is 0 Å². The number of nitrogens with zero attached hydrogens (tertiary/aromatic N) is 5. The number of hydrogen-bond acceptors (Lipinski definition) is 7. The third-order valence-electron chi connectivity index (χ3n) is 5.48. The van der Waals surface area contributed by atoms with Crippen molar-refractivity contribution in [2.75, 3.05) is 10.7 Å². The molecule has 0 atom stereocenters. The van der Waals surface area contributed by atoms with Crippen molar-refractivity contribution in [1.29, 1.82) is 0 Å². The molecule has 3 aromatic heterocycles. The van der Waals surface area contributed by atoms with Gasteiger partial charge in [-0.05, 0) is 42.5 Å². The maximum atomic E-state index is 14.4. The van der Waals surface area contributed by atoms with Gasteiger partial charge < -0.3 is 5.32 Å². The van der Waals surface area contributed by atoms with Gasteiger partial charge in [0.05, 0.1) is 41.2 Å². The number of hydrazone groups is 1. The van der Waals surface area contributed by atoms with Crippen molar-refractivity contribution in [3.05, 3.63) is 115 Å². The standard InChI is InChI=1S/C28H19F4N7/c29-24-17-35-27(38-26(24)19-9-12-25(34-14-19)18-5-2-1-3-6-18)39-36-16-22-10-11-23(15-33-22)37-21-8-4-7-20(13-21)28(30,31)32/h1-17,37H,(H,35,38,39)/b36-16+. The number of benzene rings is 2. The highest BCUT2D eigenvalue weighted by Gasteiger charge is 2.30. The van der Waals surface area contributed by atoms with Crippen LogP contribution in [0.15, 0.2) is 103 Å². The van der Waals surface area contributed by atoms with Gasteiger partial charge >= 0.3 is 6.18 Å². The van der Waals surface area contributed by atoms with Crippen molar-refractivity contribution in [2.45, 2.75) is 6.18 Å². The van der Waals surface area contributed by atoms with Gasteiger partial charge in [0.2, 0.25) is 5.95 Å². The second kappa shape index (κ2) is 11.1. The van der Waals surface area contributed by atoms with Gasteiger partial charge in [0.25, 0.3) is 0 Å². The van der Waals surface area contributed by atoms with Gasteiger partial charge in [-0.1, -0.05) is 36.4 Å². The zero-order chi connectivity index (χ0) is 27.2. The number of anilines is 3. The van der Waals surface area contributed by atoms with E-state index >= 15 is 0 Å². The Balaban J connectivity index is 1.23. The van der Waals surface area contributed by atoms with E-state index in [0.29, 0.717) is 16.9 Å². The topological polar surface area (TPSA) is 88.0 Å². The Hall–Kier alpha value is -5.19. The van der Waals surface area contributed by atoms with Crippen molar-refractivity contribution in [3.8, 4) is 22.5 Å². The lowest BCUT2D eigenvalue weighted by atomic mass is 10.1. The van der Waals surface area contributed by atoms with Gasteiger partial charge in [-0.3, -0.25) is 9.97 Å². The minimum Gasteiger partial charge on any atom is -0.354 e. The molecule has 0 saturated heterocycles. The molecule has 0 aliphatic heterocycles. The highest BCUT2D eigenvalue weighted by molar-refractivity contribution is 5.78. The zero-order valence-corrected chi connectivity index (χ0v) is 20.1. The fourth-order valence-corrected chi connectivity index (χ4v) is 3.59. The van der Waals surface area contributed by atoms with E-state index in [4.69, 9.17) is 0 Å². The Morgan fingerprint density at radius 2 is 1.59 bits per heavy atom. The Morgan fingerprint density at radius 1 is 0.744 bits per heavy atom. The molecular weight excluding hydrogens is 510 g/mol. The summed E-state index contributed by atoms with van der Waals surface area (Å²) < 4.78 is 53.2. The molecule has 3 heterocycles. The highest BCUT2D eigenvalue weighted by Crippen LogP contribution is 2.31. The average Bonchev–Trinajstić information content (AvgIpc) is 2.95. The fraction of sp³-hybridized carbons (Fsp3) is 0.0357. The number of hydrogen-bond donors (Lipinski definition) is 2. The molecule has 0 fully saturated rings. The molecule has 194 valence electrons. The van der Waals surface area contributed by atoms with E-state index in [1.807, 2.05) is 30.3 Å². The number of nitrogens with one attached hydrogen (secondary N) is 2. The van der Waals surface area contributed by atoms with E-state index in [1.165, 1.54) is 24.5 Å². The summed E-state index contributed by atoms with van der Waals surface area (Å²) in [5, 5.41) is 6.92. The summed E-state index contributed by atoms with van der Waals surface area (Å²) in [4.78, 5) is 16.7. The summed E-state index contributed by atoms with van der Waals surface area (Å²) in [5.74, 6) is -0.540. The van der Waals surface area contributed by atoms with Gasteiger partial charge in [-0.25, -0.2) is 19.8 Å². The molecule has 2 N–H and O–H groups in total. The van der Waals surface area contributed by atoms with E-state index < -0.39 is 17.6 Å². The first kappa shape index (κ1) is 25.5. The SMILES string of the molecule is Fc1cnc(N/N=C/c2ccc(Nc3cccc(C(F)(F)F)c3)cn2)nc1-c1ccc(-c2ccccc2)nc1. The molecule has 0 saturated carbocycles. The maximum Gasteiger partial charge on any atom is 0.416 e. The van der Waals surface area contributed by atoms with Crippen LogP contribution in [0.25, 0.3) is 22.5 Å². The number of aromatic nitrogens is 4. The van der Waals surface area contributed by atoms with Gasteiger partial charge in [0.1, 0.15) is 5.69 Å². The molecule has 5 aromatic rings. The highest BCUT2D eigenvalue weighted by atomic mass is 19.4. The zero-order valence-electron chi connectivity index (χ0n) is 20.1. The summed E-state index contributed by atoms with van der Waals surface area (Å²) in [5.41, 5.74) is 5.37. The van der Waals surface area contributed by atoms with Crippen LogP contribution in [0.2, 0.25) is 0 Å². The number of rotatable bonds is 7. The molecule has 0 aliphatic rings. The molecule has 5 rings (SSSR count). The maximum absolute atomic E-state index is 14.4. The van der Waals surface area contributed by atoms with E-state index in [2.05, 4.69) is 35.8 Å². The molecule has 0 spiro atoms. The van der Waals surface area contributed by atoms with E-state index in [9.17, 15) is 17.6 Å². The van der Waals surface area contributed by atoms with Crippen molar-refractivity contribution in [1.82, 2.24) is 19.9 Å². The summed E-state index contributed by atoms with van der Waals surface area (Å²) in [6.45, 7) is 0. The third-order valence-corrected chi connectivity index (χ3v) is 5.48. The monoisotopic (exact) mass is 529 g/mol. The molecule has 2 aromatic carbocycles. The van der Waals surface area contributed by atoms with Crippen LogP contribution in [-0.2, 0) is 6.18 Å². The Bertz CT molecular complexity index is 1590. The van der Waals surface area contributed by atoms with Crippen LogP contribution in [-0.4, -0.2) is 26.2 Å². The minimum absolute atomic E-state index is 0.0672. The second-order valence-electron chi connectivity index (χ2n) is 8.23.